The third-order valence-corrected chi connectivity index (χ3v) is 3.78. The average molecular weight is 329 g/mol. The van der Waals surface area contributed by atoms with E-state index in [1.807, 2.05) is 6.92 Å². The van der Waals surface area contributed by atoms with Crippen molar-refractivity contribution in [3.63, 3.8) is 0 Å². The number of hydrogen-bond acceptors (Lipinski definition) is 4. The van der Waals surface area contributed by atoms with Gasteiger partial charge in [0.2, 0.25) is 0 Å². The Morgan fingerprint density at radius 2 is 2.12 bits per heavy atom. The van der Waals surface area contributed by atoms with E-state index >= 15 is 0 Å². The molecule has 0 spiro atoms. The van der Waals surface area contributed by atoms with Gasteiger partial charge in [0.05, 0.1) is 17.8 Å². The molecular weight excluding hydrogens is 313 g/mol. The molecule has 1 N–H and O–H groups in total. The van der Waals surface area contributed by atoms with Crippen LogP contribution in [0.5, 0.6) is 0 Å². The van der Waals surface area contributed by atoms with Gasteiger partial charge in [0, 0.05) is 18.1 Å². The number of amides is 2. The van der Waals surface area contributed by atoms with Gasteiger partial charge >= 0.3 is 6.09 Å². The molecule has 1 aromatic carbocycles. The summed E-state index contributed by atoms with van der Waals surface area (Å²) < 4.78 is 19.5. The number of cyclic esters (lactones) is 1. The summed E-state index contributed by atoms with van der Waals surface area (Å²) in [6, 6.07) is 7.27. The van der Waals surface area contributed by atoms with E-state index in [1.54, 1.807) is 12.1 Å². The van der Waals surface area contributed by atoms with E-state index in [4.69, 9.17) is 4.74 Å². The maximum Gasteiger partial charge on any atom is 0.414 e. The van der Waals surface area contributed by atoms with Gasteiger partial charge in [0.25, 0.3) is 5.91 Å². The Morgan fingerprint density at radius 1 is 1.38 bits per heavy atom. The van der Waals surface area contributed by atoms with Crippen molar-refractivity contribution < 1.29 is 18.7 Å². The predicted molar refractivity (Wildman–Crippen MR) is 86.5 cm³/mol. The van der Waals surface area contributed by atoms with Crippen LogP contribution in [-0.2, 0) is 4.74 Å². The van der Waals surface area contributed by atoms with Gasteiger partial charge in [0.15, 0.2) is 0 Å². The summed E-state index contributed by atoms with van der Waals surface area (Å²) in [4.78, 5) is 29.2. The smallest absolute Gasteiger partial charge is 0.414 e. The number of carbonyl (C=O) groups is 2. The lowest BCUT2D eigenvalue weighted by Crippen LogP contribution is -2.25. The maximum atomic E-state index is 14.3. The lowest BCUT2D eigenvalue weighted by molar-refractivity contribution is 0.102. The fourth-order valence-electron chi connectivity index (χ4n) is 2.43. The fraction of sp³-hybridized carbons (Fsp3) is 0.235. The molecule has 2 aromatic rings. The third kappa shape index (κ3) is 3.19. The summed E-state index contributed by atoms with van der Waals surface area (Å²) in [5.41, 5.74) is 0.788. The van der Waals surface area contributed by atoms with E-state index in [9.17, 15) is 14.0 Å². The molecule has 3 rings (SSSR count). The maximum absolute atomic E-state index is 14.3. The SMILES string of the molecule is CCC1CN(c2ccc(C(=O)Nc3ccncc3)c(F)c2)C(=O)O1. The molecule has 0 radical (unpaired) electrons. The molecule has 1 saturated heterocycles. The van der Waals surface area contributed by atoms with E-state index in [0.717, 1.165) is 0 Å². The van der Waals surface area contributed by atoms with Crippen LogP contribution in [0.15, 0.2) is 42.7 Å². The van der Waals surface area contributed by atoms with Crippen molar-refractivity contribution >= 4 is 23.4 Å². The number of halogens is 1. The van der Waals surface area contributed by atoms with E-state index in [2.05, 4.69) is 10.3 Å². The zero-order valence-corrected chi connectivity index (χ0v) is 13.0. The van der Waals surface area contributed by atoms with Gasteiger partial charge in [-0.2, -0.15) is 0 Å². The minimum absolute atomic E-state index is 0.102. The molecule has 0 aliphatic carbocycles. The zero-order valence-electron chi connectivity index (χ0n) is 13.0. The molecule has 0 bridgehead atoms. The zero-order chi connectivity index (χ0) is 17.1. The number of rotatable bonds is 4. The van der Waals surface area contributed by atoms with Gasteiger partial charge < -0.3 is 10.1 Å². The Balaban J connectivity index is 1.78. The Labute approximate surface area is 138 Å². The molecule has 24 heavy (non-hydrogen) atoms. The van der Waals surface area contributed by atoms with Crippen LogP contribution in [0, 0.1) is 5.82 Å². The van der Waals surface area contributed by atoms with Crippen LogP contribution in [-0.4, -0.2) is 29.6 Å². The number of aromatic nitrogens is 1. The summed E-state index contributed by atoms with van der Waals surface area (Å²) >= 11 is 0. The van der Waals surface area contributed by atoms with Gasteiger partial charge in [0.1, 0.15) is 11.9 Å². The molecule has 2 amide bonds. The summed E-state index contributed by atoms with van der Waals surface area (Å²) in [6.45, 7) is 2.28. The minimum atomic E-state index is -0.702. The Kier molecular flexibility index (Phi) is 4.41. The minimum Gasteiger partial charge on any atom is -0.444 e. The molecule has 7 heteroatoms. The van der Waals surface area contributed by atoms with E-state index in [0.29, 0.717) is 24.3 Å². The van der Waals surface area contributed by atoms with Gasteiger partial charge in [-0.05, 0) is 36.8 Å². The molecule has 1 aromatic heterocycles. The largest absolute Gasteiger partial charge is 0.444 e. The Bertz CT molecular complexity index is 767. The van der Waals surface area contributed by atoms with Crippen molar-refractivity contribution in [2.45, 2.75) is 19.4 Å². The van der Waals surface area contributed by atoms with Gasteiger partial charge in [-0.3, -0.25) is 14.7 Å². The number of ether oxygens (including phenoxy) is 1. The van der Waals surface area contributed by atoms with Gasteiger partial charge in [-0.1, -0.05) is 6.92 Å². The van der Waals surface area contributed by atoms with Gasteiger partial charge in [-0.25, -0.2) is 9.18 Å². The second-order valence-electron chi connectivity index (χ2n) is 5.38. The number of benzene rings is 1. The average Bonchev–Trinajstić information content (AvgIpc) is 2.96. The van der Waals surface area contributed by atoms with E-state index < -0.39 is 17.8 Å². The van der Waals surface area contributed by atoms with Crippen molar-refractivity contribution in [3.05, 3.63) is 54.1 Å². The highest BCUT2D eigenvalue weighted by Gasteiger charge is 2.31. The molecule has 1 aliphatic rings. The third-order valence-electron chi connectivity index (χ3n) is 3.78. The Morgan fingerprint density at radius 3 is 2.75 bits per heavy atom. The van der Waals surface area contributed by atoms with Crippen molar-refractivity contribution in [2.75, 3.05) is 16.8 Å². The summed E-state index contributed by atoms with van der Waals surface area (Å²) in [5, 5.41) is 2.59. The van der Waals surface area contributed by atoms with Crippen molar-refractivity contribution in [2.24, 2.45) is 0 Å². The summed E-state index contributed by atoms with van der Waals surface area (Å²) in [5.74, 6) is -1.27. The highest BCUT2D eigenvalue weighted by Crippen LogP contribution is 2.25. The molecule has 0 saturated carbocycles. The predicted octanol–water partition coefficient (Wildman–Crippen LogP) is 3.21. The standard InChI is InChI=1S/C17H16FN3O3/c1-2-13-10-21(17(23)24-13)12-3-4-14(15(18)9-12)16(22)20-11-5-7-19-8-6-11/h3-9,13H,2,10H2,1H3,(H,19,20,22). The first-order chi connectivity index (χ1) is 11.6. The molecule has 1 fully saturated rings. The van der Waals surface area contributed by atoms with Gasteiger partial charge in [-0.15, -0.1) is 0 Å². The number of anilines is 2. The lowest BCUT2D eigenvalue weighted by Gasteiger charge is -2.14. The van der Waals surface area contributed by atoms with E-state index in [-0.39, 0.29) is 11.7 Å². The topological polar surface area (TPSA) is 71.5 Å². The molecule has 6 nitrogen and oxygen atoms in total. The summed E-state index contributed by atoms with van der Waals surface area (Å²) in [6.07, 6.45) is 3.04. The molecule has 1 unspecified atom stereocenters. The molecule has 1 aliphatic heterocycles. The monoisotopic (exact) mass is 329 g/mol. The molecule has 124 valence electrons. The normalized spacial score (nSPS) is 16.8. The van der Waals surface area contributed by atoms with Crippen LogP contribution in [0.25, 0.3) is 0 Å². The first-order valence-corrected chi connectivity index (χ1v) is 7.57. The Hall–Kier alpha value is -2.96. The number of nitrogens with zero attached hydrogens (tertiary/aromatic N) is 2. The van der Waals surface area contributed by atoms with Crippen molar-refractivity contribution in [1.29, 1.82) is 0 Å². The molecule has 2 heterocycles. The quantitative estimate of drug-likeness (QED) is 0.935. The van der Waals surface area contributed by atoms with Crippen LogP contribution in [0.1, 0.15) is 23.7 Å². The molecule has 1 atom stereocenters. The van der Waals surface area contributed by atoms with Crippen LogP contribution >= 0.6 is 0 Å². The highest BCUT2D eigenvalue weighted by molar-refractivity contribution is 6.04. The summed E-state index contributed by atoms with van der Waals surface area (Å²) in [7, 11) is 0. The second-order valence-corrected chi connectivity index (χ2v) is 5.38. The fourth-order valence-corrected chi connectivity index (χ4v) is 2.43. The van der Waals surface area contributed by atoms with E-state index in [1.165, 1.54) is 35.5 Å². The van der Waals surface area contributed by atoms with Crippen LogP contribution in [0.2, 0.25) is 0 Å². The second kappa shape index (κ2) is 6.66. The van der Waals surface area contributed by atoms with Crippen LogP contribution in [0.4, 0.5) is 20.6 Å². The number of carbonyl (C=O) groups excluding carboxylic acids is 2. The van der Waals surface area contributed by atoms with Crippen molar-refractivity contribution in [1.82, 2.24) is 4.98 Å². The lowest BCUT2D eigenvalue weighted by atomic mass is 10.1. The van der Waals surface area contributed by atoms with Crippen molar-refractivity contribution in [3.8, 4) is 0 Å². The highest BCUT2D eigenvalue weighted by atomic mass is 19.1. The molecular formula is C17H16FN3O3. The number of pyridine rings is 1. The number of nitrogens with one attached hydrogen (secondary N) is 1. The number of hydrogen-bond donors (Lipinski definition) is 1. The van der Waals surface area contributed by atoms with Crippen LogP contribution < -0.4 is 10.2 Å². The van der Waals surface area contributed by atoms with Crippen LogP contribution in [0.3, 0.4) is 0 Å². The first kappa shape index (κ1) is 15.9. The first-order valence-electron chi connectivity index (χ1n) is 7.57.